The van der Waals surface area contributed by atoms with Gasteiger partial charge in [0.15, 0.2) is 12.4 Å². The molecule has 7 heteroatoms. The van der Waals surface area contributed by atoms with Crippen molar-refractivity contribution >= 4 is 5.97 Å². The monoisotopic (exact) mass is 324 g/mol. The van der Waals surface area contributed by atoms with Crippen LogP contribution in [0.3, 0.4) is 0 Å². The molecule has 0 spiro atoms. The van der Waals surface area contributed by atoms with Gasteiger partial charge < -0.3 is 28.4 Å². The van der Waals surface area contributed by atoms with Gasteiger partial charge in [0.2, 0.25) is 0 Å². The Bertz CT molecular complexity index is 520. The van der Waals surface area contributed by atoms with E-state index in [-0.39, 0.29) is 12.7 Å². The van der Waals surface area contributed by atoms with Crippen molar-refractivity contribution in [3.8, 4) is 0 Å². The second kappa shape index (κ2) is 7.37. The Morgan fingerprint density at radius 2 is 2.04 bits per heavy atom. The van der Waals surface area contributed by atoms with Crippen LogP contribution < -0.4 is 0 Å². The molecule has 1 aromatic carbocycles. The Labute approximate surface area is 134 Å². The maximum Gasteiger partial charge on any atom is 0.303 e. The minimum atomic E-state index is -0.792. The predicted octanol–water partition coefficient (Wildman–Crippen LogP) is 1.21. The Morgan fingerprint density at radius 1 is 1.26 bits per heavy atom. The van der Waals surface area contributed by atoms with E-state index in [0.717, 1.165) is 5.56 Å². The fraction of sp³-hybridized carbons (Fsp3) is 0.562. The molecular formula is C16H20O7. The Kier molecular flexibility index (Phi) is 5.24. The summed E-state index contributed by atoms with van der Waals surface area (Å²) < 4.78 is 33.0. The zero-order valence-corrected chi connectivity index (χ0v) is 13.0. The molecule has 0 N–H and O–H groups in total. The number of ether oxygens (including phenoxy) is 6. The van der Waals surface area contributed by atoms with Crippen LogP contribution in [0.4, 0.5) is 0 Å². The highest BCUT2D eigenvalue weighted by atomic mass is 16.9. The lowest BCUT2D eigenvalue weighted by atomic mass is 10.1. The van der Waals surface area contributed by atoms with Gasteiger partial charge in [0.05, 0.1) is 13.2 Å². The smallest absolute Gasteiger partial charge is 0.303 e. The van der Waals surface area contributed by atoms with Crippen molar-refractivity contribution in [1.82, 2.24) is 0 Å². The van der Waals surface area contributed by atoms with Gasteiger partial charge in [0.1, 0.15) is 12.2 Å². The van der Waals surface area contributed by atoms with Crippen LogP contribution in [-0.2, 0) is 39.8 Å². The predicted molar refractivity (Wildman–Crippen MR) is 77.1 cm³/mol. The highest BCUT2D eigenvalue weighted by Gasteiger charge is 2.50. The van der Waals surface area contributed by atoms with Crippen LogP contribution in [0.2, 0.25) is 0 Å². The second-order valence-electron chi connectivity index (χ2n) is 5.37. The summed E-state index contributed by atoms with van der Waals surface area (Å²) in [6.07, 6.45) is -2.28. The first-order chi connectivity index (χ1) is 11.2. The van der Waals surface area contributed by atoms with Gasteiger partial charge >= 0.3 is 5.97 Å². The number of carbonyl (C=O) groups is 1. The van der Waals surface area contributed by atoms with Gasteiger partial charge in [-0.1, -0.05) is 30.3 Å². The topological polar surface area (TPSA) is 72.5 Å². The van der Waals surface area contributed by atoms with E-state index >= 15 is 0 Å². The molecule has 7 nitrogen and oxygen atoms in total. The van der Waals surface area contributed by atoms with Crippen molar-refractivity contribution in [1.29, 1.82) is 0 Å². The number of fused-ring (bicyclic) bond motifs is 1. The maximum atomic E-state index is 11.4. The molecule has 2 heterocycles. The lowest BCUT2D eigenvalue weighted by Crippen LogP contribution is -2.54. The lowest BCUT2D eigenvalue weighted by molar-refractivity contribution is -0.264. The van der Waals surface area contributed by atoms with Crippen LogP contribution in [0, 0.1) is 0 Å². The standard InChI is InChI=1S/C16H20O7/c1-10(17)21-14-13-12(22-16(18-2)23-13)9-20-15(14)19-8-11-6-4-3-5-7-11/h3-7,12-16H,8-9H2,1-2H3. The highest BCUT2D eigenvalue weighted by molar-refractivity contribution is 5.66. The number of methoxy groups -OCH3 is 1. The summed E-state index contributed by atoms with van der Waals surface area (Å²) in [4.78, 5) is 11.4. The zero-order valence-electron chi connectivity index (χ0n) is 13.0. The summed E-state index contributed by atoms with van der Waals surface area (Å²) in [6.45, 7) is 1.16. The van der Waals surface area contributed by atoms with E-state index in [4.69, 9.17) is 28.4 Å². The first kappa shape index (κ1) is 16.4. The SMILES string of the molecule is COC1OC2COC(OCc3ccccc3)C(OC(C)=O)C2O1. The fourth-order valence-electron chi connectivity index (χ4n) is 2.65. The third kappa shape index (κ3) is 3.88. The van der Waals surface area contributed by atoms with Crippen molar-refractivity contribution in [2.45, 2.75) is 44.6 Å². The van der Waals surface area contributed by atoms with Crippen molar-refractivity contribution in [3.63, 3.8) is 0 Å². The molecule has 2 fully saturated rings. The lowest BCUT2D eigenvalue weighted by Gasteiger charge is -2.36. The van der Waals surface area contributed by atoms with Crippen molar-refractivity contribution in [2.75, 3.05) is 13.7 Å². The third-order valence-corrected chi connectivity index (χ3v) is 3.69. The van der Waals surface area contributed by atoms with Crippen LogP contribution in [0.25, 0.3) is 0 Å². The van der Waals surface area contributed by atoms with Crippen LogP contribution in [0.15, 0.2) is 30.3 Å². The van der Waals surface area contributed by atoms with Crippen molar-refractivity contribution in [3.05, 3.63) is 35.9 Å². The second-order valence-corrected chi connectivity index (χ2v) is 5.37. The molecule has 0 amide bonds. The van der Waals surface area contributed by atoms with Crippen molar-refractivity contribution in [2.24, 2.45) is 0 Å². The quantitative estimate of drug-likeness (QED) is 0.754. The third-order valence-electron chi connectivity index (χ3n) is 3.69. The van der Waals surface area contributed by atoms with E-state index in [0.29, 0.717) is 6.61 Å². The Morgan fingerprint density at radius 3 is 2.74 bits per heavy atom. The summed E-state index contributed by atoms with van der Waals surface area (Å²) in [5, 5.41) is 0. The van der Waals surface area contributed by atoms with Gasteiger partial charge in [-0.15, -0.1) is 0 Å². The first-order valence-corrected chi connectivity index (χ1v) is 7.45. The molecule has 0 bridgehead atoms. The van der Waals surface area contributed by atoms with E-state index in [1.807, 2.05) is 30.3 Å². The maximum absolute atomic E-state index is 11.4. The molecule has 23 heavy (non-hydrogen) atoms. The van der Waals surface area contributed by atoms with E-state index < -0.39 is 30.9 Å². The van der Waals surface area contributed by atoms with E-state index in [2.05, 4.69) is 0 Å². The molecule has 0 radical (unpaired) electrons. The van der Waals surface area contributed by atoms with Gasteiger partial charge in [-0.3, -0.25) is 4.79 Å². The van der Waals surface area contributed by atoms with E-state index in [1.165, 1.54) is 14.0 Å². The van der Waals surface area contributed by atoms with Gasteiger partial charge in [0.25, 0.3) is 6.48 Å². The van der Waals surface area contributed by atoms with E-state index in [9.17, 15) is 4.79 Å². The van der Waals surface area contributed by atoms with Crippen LogP contribution in [0.5, 0.6) is 0 Å². The molecule has 5 unspecified atom stereocenters. The molecular weight excluding hydrogens is 304 g/mol. The Hall–Kier alpha value is -1.51. The summed E-state index contributed by atoms with van der Waals surface area (Å²) >= 11 is 0. The Balaban J connectivity index is 1.67. The van der Waals surface area contributed by atoms with Crippen molar-refractivity contribution < 1.29 is 33.2 Å². The molecule has 126 valence electrons. The molecule has 2 aliphatic heterocycles. The average Bonchev–Trinajstić information content (AvgIpc) is 2.98. The summed E-state index contributed by atoms with van der Waals surface area (Å²) in [6, 6.07) is 9.68. The fourth-order valence-corrected chi connectivity index (χ4v) is 2.65. The number of rotatable bonds is 5. The molecule has 2 saturated heterocycles. The molecule has 5 atom stereocenters. The molecule has 1 aromatic rings. The van der Waals surface area contributed by atoms with Gasteiger partial charge in [0, 0.05) is 14.0 Å². The molecule has 0 saturated carbocycles. The minimum absolute atomic E-state index is 0.280. The number of hydrogen-bond donors (Lipinski definition) is 0. The molecule has 0 aromatic heterocycles. The normalized spacial score (nSPS) is 33.2. The van der Waals surface area contributed by atoms with Gasteiger partial charge in [-0.25, -0.2) is 0 Å². The van der Waals surface area contributed by atoms with Crippen LogP contribution in [0.1, 0.15) is 12.5 Å². The van der Waals surface area contributed by atoms with Gasteiger partial charge in [-0.2, -0.15) is 0 Å². The first-order valence-electron chi connectivity index (χ1n) is 7.45. The number of carbonyl (C=O) groups excluding carboxylic acids is 1. The number of benzene rings is 1. The number of esters is 1. The number of hydrogen-bond acceptors (Lipinski definition) is 7. The average molecular weight is 324 g/mol. The molecule has 3 rings (SSSR count). The van der Waals surface area contributed by atoms with Crippen LogP contribution in [-0.4, -0.2) is 50.8 Å². The zero-order chi connectivity index (χ0) is 16.2. The van der Waals surface area contributed by atoms with Crippen LogP contribution >= 0.6 is 0 Å². The molecule has 0 aliphatic carbocycles. The summed E-state index contributed by atoms with van der Waals surface area (Å²) in [7, 11) is 1.48. The van der Waals surface area contributed by atoms with Gasteiger partial charge in [-0.05, 0) is 5.56 Å². The highest BCUT2D eigenvalue weighted by Crippen LogP contribution is 2.31. The summed E-state index contributed by atoms with van der Waals surface area (Å²) in [5.74, 6) is -0.433. The minimum Gasteiger partial charge on any atom is -0.454 e. The summed E-state index contributed by atoms with van der Waals surface area (Å²) in [5.41, 5.74) is 0.998. The van der Waals surface area contributed by atoms with E-state index in [1.54, 1.807) is 0 Å². The molecule has 2 aliphatic rings. The largest absolute Gasteiger partial charge is 0.454 e.